The summed E-state index contributed by atoms with van der Waals surface area (Å²) in [6, 6.07) is 14.2. The molecule has 3 rings (SSSR count). The van der Waals surface area contributed by atoms with Crippen LogP contribution < -0.4 is 9.47 Å². The lowest BCUT2D eigenvalue weighted by atomic mass is 10.2. The fourth-order valence-corrected chi connectivity index (χ4v) is 5.26. The first-order valence-electron chi connectivity index (χ1n) is 11.3. The van der Waals surface area contributed by atoms with Gasteiger partial charge >= 0.3 is 0 Å². The lowest BCUT2D eigenvalue weighted by molar-refractivity contribution is -0.128. The molecule has 8 nitrogen and oxygen atoms in total. The number of ether oxygens (including phenoxy) is 2. The average molecular weight is 488 g/mol. The van der Waals surface area contributed by atoms with Crippen LogP contribution in [0.1, 0.15) is 12.5 Å². The Morgan fingerprint density at radius 2 is 1.68 bits per heavy atom. The van der Waals surface area contributed by atoms with Crippen LogP contribution in [-0.4, -0.2) is 88.5 Å². The van der Waals surface area contributed by atoms with Crippen LogP contribution in [0.4, 0.5) is 0 Å². The Hall–Kier alpha value is -2.88. The van der Waals surface area contributed by atoms with E-state index in [1.54, 1.807) is 50.3 Å². The van der Waals surface area contributed by atoms with Crippen LogP contribution in [0.3, 0.4) is 0 Å². The molecule has 0 aliphatic carbocycles. The summed E-state index contributed by atoms with van der Waals surface area (Å²) in [5, 5.41) is 0. The summed E-state index contributed by atoms with van der Waals surface area (Å²) in [7, 11) is -0.348. The molecule has 9 heteroatoms. The van der Waals surface area contributed by atoms with Gasteiger partial charge in [0.2, 0.25) is 15.9 Å². The van der Waals surface area contributed by atoms with Crippen LogP contribution in [0.15, 0.2) is 59.5 Å². The fraction of sp³-hybridized carbons (Fsp3) is 0.400. The van der Waals surface area contributed by atoms with E-state index in [4.69, 9.17) is 9.47 Å². The Kier molecular flexibility index (Phi) is 9.09. The summed E-state index contributed by atoms with van der Waals surface area (Å²) in [5.41, 5.74) is 0.961. The van der Waals surface area contributed by atoms with E-state index in [1.807, 2.05) is 36.4 Å². The molecule has 1 saturated heterocycles. The van der Waals surface area contributed by atoms with Crippen molar-refractivity contribution in [2.75, 3.05) is 60.0 Å². The van der Waals surface area contributed by atoms with Gasteiger partial charge in [-0.05, 0) is 30.3 Å². The zero-order valence-electron chi connectivity index (χ0n) is 20.0. The van der Waals surface area contributed by atoms with Gasteiger partial charge in [-0.15, -0.1) is 0 Å². The maximum atomic E-state index is 12.9. The number of para-hydroxylation sites is 1. The monoisotopic (exact) mass is 487 g/mol. The number of nitrogens with zero attached hydrogens (tertiary/aromatic N) is 3. The summed E-state index contributed by atoms with van der Waals surface area (Å²) in [6.07, 6.45) is 3.91. The summed E-state index contributed by atoms with van der Waals surface area (Å²) >= 11 is 0. The van der Waals surface area contributed by atoms with Crippen molar-refractivity contribution >= 4 is 22.0 Å². The Morgan fingerprint density at radius 3 is 2.29 bits per heavy atom. The lowest BCUT2D eigenvalue weighted by Crippen LogP contribution is -2.50. The maximum absolute atomic E-state index is 12.9. The molecule has 0 atom stereocenters. The van der Waals surface area contributed by atoms with E-state index in [1.165, 1.54) is 4.31 Å². The molecule has 2 aromatic carbocycles. The molecular weight excluding hydrogens is 454 g/mol. The third kappa shape index (κ3) is 6.59. The van der Waals surface area contributed by atoms with Gasteiger partial charge in [-0.3, -0.25) is 9.69 Å². The molecule has 1 aliphatic heterocycles. The number of hydrogen-bond donors (Lipinski definition) is 0. The van der Waals surface area contributed by atoms with E-state index in [-0.39, 0.29) is 10.8 Å². The number of sulfonamides is 1. The van der Waals surface area contributed by atoms with Crippen molar-refractivity contribution < 1.29 is 22.7 Å². The highest BCUT2D eigenvalue weighted by atomic mass is 32.2. The molecule has 34 heavy (non-hydrogen) atoms. The normalized spacial score (nSPS) is 15.4. The molecule has 0 bridgehead atoms. The van der Waals surface area contributed by atoms with Gasteiger partial charge in [-0.1, -0.05) is 30.4 Å². The number of amides is 1. The second-order valence-electron chi connectivity index (χ2n) is 8.03. The van der Waals surface area contributed by atoms with Crippen LogP contribution in [-0.2, 0) is 14.8 Å². The minimum atomic E-state index is -3.53. The molecule has 0 spiro atoms. The number of rotatable bonds is 10. The molecule has 1 aliphatic rings. The summed E-state index contributed by atoms with van der Waals surface area (Å²) < 4.78 is 37.8. The van der Waals surface area contributed by atoms with Crippen molar-refractivity contribution in [1.82, 2.24) is 14.1 Å². The molecular formula is C25H33N3O5S. The third-order valence-corrected chi connectivity index (χ3v) is 7.83. The van der Waals surface area contributed by atoms with Crippen molar-refractivity contribution in [1.29, 1.82) is 0 Å². The molecule has 0 unspecified atom stereocenters. The number of benzene rings is 2. The van der Waals surface area contributed by atoms with Crippen molar-refractivity contribution in [2.24, 2.45) is 0 Å². The second kappa shape index (κ2) is 12.0. The topological polar surface area (TPSA) is 79.4 Å². The van der Waals surface area contributed by atoms with Crippen LogP contribution in [0.25, 0.3) is 6.08 Å². The first kappa shape index (κ1) is 25.7. The molecule has 0 saturated carbocycles. The van der Waals surface area contributed by atoms with E-state index in [9.17, 15) is 13.2 Å². The predicted octanol–water partition coefficient (Wildman–Crippen LogP) is 2.57. The molecule has 1 heterocycles. The van der Waals surface area contributed by atoms with Crippen LogP contribution in [0.5, 0.6) is 11.5 Å². The van der Waals surface area contributed by atoms with Crippen LogP contribution >= 0.6 is 0 Å². The van der Waals surface area contributed by atoms with Crippen molar-refractivity contribution in [3.8, 4) is 11.5 Å². The Bertz CT molecular complexity index is 1080. The van der Waals surface area contributed by atoms with E-state index in [2.05, 4.69) is 4.90 Å². The summed E-state index contributed by atoms with van der Waals surface area (Å²) in [4.78, 5) is 16.4. The zero-order chi connectivity index (χ0) is 24.6. The molecule has 1 amide bonds. The largest absolute Gasteiger partial charge is 0.497 e. The first-order valence-corrected chi connectivity index (χ1v) is 12.7. The molecule has 184 valence electrons. The van der Waals surface area contributed by atoms with Gasteiger partial charge in [0.1, 0.15) is 11.5 Å². The minimum Gasteiger partial charge on any atom is -0.497 e. The molecule has 0 N–H and O–H groups in total. The predicted molar refractivity (Wildman–Crippen MR) is 132 cm³/mol. The second-order valence-corrected chi connectivity index (χ2v) is 9.97. The highest BCUT2D eigenvalue weighted by molar-refractivity contribution is 7.89. The molecule has 0 aromatic heterocycles. The third-order valence-electron chi connectivity index (χ3n) is 5.92. The summed E-state index contributed by atoms with van der Waals surface area (Å²) in [5.74, 6) is 1.41. The van der Waals surface area contributed by atoms with Crippen molar-refractivity contribution in [3.05, 3.63) is 60.2 Å². The SMILES string of the molecule is COc1ccc(S(=O)(=O)N2CCN(CCN(C/C=C/c3ccccc3OC)C(C)=O)CC2)cc1. The van der Waals surface area contributed by atoms with E-state index in [0.29, 0.717) is 51.6 Å². The molecule has 2 aromatic rings. The Morgan fingerprint density at radius 1 is 1.00 bits per heavy atom. The average Bonchev–Trinajstić information content (AvgIpc) is 2.86. The van der Waals surface area contributed by atoms with Gasteiger partial charge in [0.15, 0.2) is 0 Å². The van der Waals surface area contributed by atoms with E-state index in [0.717, 1.165) is 11.3 Å². The highest BCUT2D eigenvalue weighted by Crippen LogP contribution is 2.21. The van der Waals surface area contributed by atoms with Crippen LogP contribution in [0.2, 0.25) is 0 Å². The molecule has 0 radical (unpaired) electrons. The van der Waals surface area contributed by atoms with Gasteiger partial charge in [-0.2, -0.15) is 4.31 Å². The van der Waals surface area contributed by atoms with Gasteiger partial charge in [0.05, 0.1) is 19.1 Å². The van der Waals surface area contributed by atoms with Gasteiger partial charge in [0.25, 0.3) is 0 Å². The number of hydrogen-bond acceptors (Lipinski definition) is 6. The Balaban J connectivity index is 1.50. The lowest BCUT2D eigenvalue weighted by Gasteiger charge is -2.35. The first-order chi connectivity index (χ1) is 16.3. The van der Waals surface area contributed by atoms with Gasteiger partial charge < -0.3 is 14.4 Å². The number of piperazine rings is 1. The zero-order valence-corrected chi connectivity index (χ0v) is 20.8. The maximum Gasteiger partial charge on any atom is 0.243 e. The summed E-state index contributed by atoms with van der Waals surface area (Å²) in [6.45, 7) is 5.42. The van der Waals surface area contributed by atoms with E-state index >= 15 is 0 Å². The van der Waals surface area contributed by atoms with Crippen LogP contribution in [0, 0.1) is 0 Å². The van der Waals surface area contributed by atoms with Crippen molar-refractivity contribution in [3.63, 3.8) is 0 Å². The van der Waals surface area contributed by atoms with Gasteiger partial charge in [0, 0.05) is 58.3 Å². The number of carbonyl (C=O) groups is 1. The van der Waals surface area contributed by atoms with E-state index < -0.39 is 10.0 Å². The Labute approximate surface area is 202 Å². The molecule has 1 fully saturated rings. The van der Waals surface area contributed by atoms with Crippen molar-refractivity contribution in [2.45, 2.75) is 11.8 Å². The smallest absolute Gasteiger partial charge is 0.243 e. The number of carbonyl (C=O) groups excluding carboxylic acids is 1. The number of methoxy groups -OCH3 is 2. The minimum absolute atomic E-state index is 0.00500. The fourth-order valence-electron chi connectivity index (χ4n) is 3.84. The standard InChI is InChI=1S/C25H33N3O5S/c1-21(29)27(14-6-8-22-7-4-5-9-25(22)33-3)18-15-26-16-19-28(20-17-26)34(30,31)24-12-10-23(32-2)11-13-24/h4-13H,14-20H2,1-3H3/b8-6+. The highest BCUT2D eigenvalue weighted by Gasteiger charge is 2.28. The quantitative estimate of drug-likeness (QED) is 0.513. The van der Waals surface area contributed by atoms with Gasteiger partial charge in [-0.25, -0.2) is 8.42 Å².